The lowest BCUT2D eigenvalue weighted by Crippen LogP contribution is -2.14. The van der Waals surface area contributed by atoms with Gasteiger partial charge in [-0.2, -0.15) is 4.98 Å². The molecule has 1 atom stereocenters. The molecule has 3 aromatic rings. The molecule has 0 N–H and O–H groups in total. The van der Waals surface area contributed by atoms with Crippen molar-refractivity contribution in [2.24, 2.45) is 0 Å². The summed E-state index contributed by atoms with van der Waals surface area (Å²) in [6.07, 6.45) is 3.45. The van der Waals surface area contributed by atoms with Crippen molar-refractivity contribution in [3.8, 4) is 0 Å². The number of aryl methyl sites for hydroxylation is 1. The maximum atomic E-state index is 12.7. The smallest absolute Gasteiger partial charge is 0.253 e. The van der Waals surface area contributed by atoms with Crippen molar-refractivity contribution in [1.82, 2.24) is 24.1 Å². The van der Waals surface area contributed by atoms with Gasteiger partial charge in [-0.25, -0.2) is 9.50 Å². The second-order valence-electron chi connectivity index (χ2n) is 5.93. The Morgan fingerprint density at radius 3 is 2.92 bits per heavy atom. The number of carbonyl (C=O) groups is 1. The summed E-state index contributed by atoms with van der Waals surface area (Å²) in [7, 11) is 1.68. The molecule has 25 heavy (non-hydrogen) atoms. The summed E-state index contributed by atoms with van der Waals surface area (Å²) in [5.41, 5.74) is 2.78. The molecule has 132 valence electrons. The fraction of sp³-hybridized carbons (Fsp3) is 0.412. The first kappa shape index (κ1) is 17.6. The van der Waals surface area contributed by atoms with Crippen LogP contribution < -0.4 is 0 Å². The highest BCUT2D eigenvalue weighted by Crippen LogP contribution is 2.23. The first-order valence-electron chi connectivity index (χ1n) is 8.02. The van der Waals surface area contributed by atoms with Gasteiger partial charge in [-0.1, -0.05) is 11.8 Å². The van der Waals surface area contributed by atoms with E-state index >= 15 is 0 Å². The predicted octanol–water partition coefficient (Wildman–Crippen LogP) is 2.73. The van der Waals surface area contributed by atoms with Gasteiger partial charge < -0.3 is 9.30 Å². The molecular formula is C17H21N5O2S. The zero-order chi connectivity index (χ0) is 18.0. The Morgan fingerprint density at radius 2 is 2.20 bits per heavy atom. The number of Topliss-reactive ketones (excluding diaryl/α,β-unsaturated/α-hetero) is 1. The average Bonchev–Trinajstić information content (AvgIpc) is 3.13. The number of ether oxygens (including phenoxy) is 1. The van der Waals surface area contributed by atoms with Crippen molar-refractivity contribution >= 4 is 23.3 Å². The van der Waals surface area contributed by atoms with E-state index < -0.39 is 0 Å². The highest BCUT2D eigenvalue weighted by molar-refractivity contribution is 7.99. The molecule has 3 aromatic heterocycles. The Balaban J connectivity index is 1.74. The van der Waals surface area contributed by atoms with Crippen molar-refractivity contribution in [3.63, 3.8) is 0 Å². The number of fused-ring (bicyclic) bond motifs is 1. The summed E-state index contributed by atoms with van der Waals surface area (Å²) >= 11 is 1.33. The molecule has 0 saturated carbocycles. The van der Waals surface area contributed by atoms with Gasteiger partial charge in [-0.05, 0) is 32.9 Å². The molecule has 8 heteroatoms. The van der Waals surface area contributed by atoms with Crippen molar-refractivity contribution in [1.29, 1.82) is 0 Å². The SMILES string of the molecule is COCC(C)n1c(C)cc(C(=O)CSc2nc3ncccn3n2)c1C. The second-order valence-corrected chi connectivity index (χ2v) is 6.87. The first-order valence-corrected chi connectivity index (χ1v) is 9.00. The van der Waals surface area contributed by atoms with Crippen LogP contribution in [0.15, 0.2) is 29.7 Å². The normalized spacial score (nSPS) is 12.6. The van der Waals surface area contributed by atoms with Gasteiger partial charge >= 0.3 is 0 Å². The van der Waals surface area contributed by atoms with Gasteiger partial charge in [0.05, 0.1) is 18.4 Å². The number of nitrogens with zero attached hydrogens (tertiary/aromatic N) is 5. The predicted molar refractivity (Wildman–Crippen MR) is 96.3 cm³/mol. The molecule has 0 aliphatic carbocycles. The second kappa shape index (κ2) is 7.37. The Labute approximate surface area is 150 Å². The van der Waals surface area contributed by atoms with E-state index in [1.54, 1.807) is 30.1 Å². The largest absolute Gasteiger partial charge is 0.383 e. The average molecular weight is 359 g/mol. The summed E-state index contributed by atoms with van der Waals surface area (Å²) < 4.78 is 8.99. The van der Waals surface area contributed by atoms with Gasteiger partial charge in [-0.15, -0.1) is 5.10 Å². The monoisotopic (exact) mass is 359 g/mol. The lowest BCUT2D eigenvalue weighted by atomic mass is 10.2. The van der Waals surface area contributed by atoms with E-state index in [0.717, 1.165) is 17.0 Å². The van der Waals surface area contributed by atoms with Crippen molar-refractivity contribution in [2.75, 3.05) is 19.5 Å². The van der Waals surface area contributed by atoms with Crippen LogP contribution in [0.2, 0.25) is 0 Å². The van der Waals surface area contributed by atoms with Crippen LogP contribution in [-0.4, -0.2) is 49.4 Å². The molecule has 0 aliphatic heterocycles. The summed E-state index contributed by atoms with van der Waals surface area (Å²) in [5, 5.41) is 4.86. The van der Waals surface area contributed by atoms with Crippen LogP contribution >= 0.6 is 11.8 Å². The first-order chi connectivity index (χ1) is 12.0. The molecule has 0 bridgehead atoms. The van der Waals surface area contributed by atoms with Crippen molar-refractivity contribution in [2.45, 2.75) is 32.0 Å². The zero-order valence-corrected chi connectivity index (χ0v) is 15.6. The molecule has 1 unspecified atom stereocenters. The summed E-state index contributed by atoms with van der Waals surface area (Å²) in [4.78, 5) is 21.1. The van der Waals surface area contributed by atoms with Crippen LogP contribution in [0.5, 0.6) is 0 Å². The number of thioether (sulfide) groups is 1. The fourth-order valence-corrected chi connectivity index (χ4v) is 3.74. The summed E-state index contributed by atoms with van der Waals surface area (Å²) in [6, 6.07) is 3.92. The molecule has 3 heterocycles. The number of hydrogen-bond donors (Lipinski definition) is 0. The number of carbonyl (C=O) groups excluding carboxylic acids is 1. The molecule has 0 fully saturated rings. The van der Waals surface area contributed by atoms with E-state index in [1.165, 1.54) is 11.8 Å². The standard InChI is InChI=1S/C17H21N5O2S/c1-11-8-14(13(3)22(11)12(2)9-24-4)15(23)10-25-17-19-16-18-6-5-7-21(16)20-17/h5-8,12H,9-10H2,1-4H3. The van der Waals surface area contributed by atoms with E-state index in [4.69, 9.17) is 4.74 Å². The van der Waals surface area contributed by atoms with Crippen LogP contribution in [-0.2, 0) is 4.74 Å². The third-order valence-corrected chi connectivity index (χ3v) is 4.90. The number of aromatic nitrogens is 5. The van der Waals surface area contributed by atoms with Crippen LogP contribution in [0.3, 0.4) is 0 Å². The molecule has 0 radical (unpaired) electrons. The van der Waals surface area contributed by atoms with E-state index in [9.17, 15) is 4.79 Å². The minimum Gasteiger partial charge on any atom is -0.383 e. The van der Waals surface area contributed by atoms with Gasteiger partial charge in [0, 0.05) is 36.5 Å². The van der Waals surface area contributed by atoms with Crippen LogP contribution in [0.4, 0.5) is 0 Å². The van der Waals surface area contributed by atoms with Gasteiger partial charge in [-0.3, -0.25) is 4.79 Å². The van der Waals surface area contributed by atoms with Crippen LogP contribution in [0.1, 0.15) is 34.7 Å². The number of ketones is 1. The molecule has 0 amide bonds. The van der Waals surface area contributed by atoms with E-state index in [2.05, 4.69) is 26.6 Å². The maximum absolute atomic E-state index is 12.7. The van der Waals surface area contributed by atoms with Gasteiger partial charge in [0.1, 0.15) is 0 Å². The Bertz CT molecular complexity index is 869. The topological polar surface area (TPSA) is 74.3 Å². The molecule has 0 aromatic carbocycles. The molecule has 0 saturated heterocycles. The Morgan fingerprint density at radius 1 is 1.40 bits per heavy atom. The number of hydrogen-bond acceptors (Lipinski definition) is 6. The van der Waals surface area contributed by atoms with Crippen LogP contribution in [0.25, 0.3) is 5.78 Å². The Hall–Kier alpha value is -2.19. The van der Waals surface area contributed by atoms with Crippen molar-refractivity contribution < 1.29 is 9.53 Å². The zero-order valence-electron chi connectivity index (χ0n) is 14.8. The quantitative estimate of drug-likeness (QED) is 0.477. The molecule has 0 spiro atoms. The number of methoxy groups -OCH3 is 1. The molecule has 3 rings (SSSR count). The minimum atomic E-state index is 0.0702. The highest BCUT2D eigenvalue weighted by Gasteiger charge is 2.19. The van der Waals surface area contributed by atoms with Crippen LogP contribution in [0, 0.1) is 13.8 Å². The van der Waals surface area contributed by atoms with E-state index in [0.29, 0.717) is 23.3 Å². The lowest BCUT2D eigenvalue weighted by molar-refractivity contribution is 0.102. The lowest BCUT2D eigenvalue weighted by Gasteiger charge is -2.17. The third-order valence-electron chi connectivity index (χ3n) is 4.06. The van der Waals surface area contributed by atoms with E-state index in [-0.39, 0.29) is 11.8 Å². The summed E-state index contributed by atoms with van der Waals surface area (Å²) in [5.74, 6) is 0.893. The molecule has 0 aliphatic rings. The minimum absolute atomic E-state index is 0.0702. The summed E-state index contributed by atoms with van der Waals surface area (Å²) in [6.45, 7) is 6.68. The van der Waals surface area contributed by atoms with E-state index in [1.807, 2.05) is 19.9 Å². The van der Waals surface area contributed by atoms with Gasteiger partial charge in [0.15, 0.2) is 5.78 Å². The number of rotatable bonds is 7. The fourth-order valence-electron chi connectivity index (χ4n) is 3.04. The Kier molecular flexibility index (Phi) is 5.19. The maximum Gasteiger partial charge on any atom is 0.253 e. The third kappa shape index (κ3) is 3.59. The van der Waals surface area contributed by atoms with Gasteiger partial charge in [0.25, 0.3) is 5.78 Å². The highest BCUT2D eigenvalue weighted by atomic mass is 32.2. The molecule has 7 nitrogen and oxygen atoms in total. The van der Waals surface area contributed by atoms with Crippen molar-refractivity contribution in [3.05, 3.63) is 41.5 Å². The molecular weight excluding hydrogens is 338 g/mol. The van der Waals surface area contributed by atoms with Gasteiger partial charge in [0.2, 0.25) is 5.16 Å².